The van der Waals surface area contributed by atoms with Crippen LogP contribution in [0.25, 0.3) is 11.3 Å². The van der Waals surface area contributed by atoms with Gasteiger partial charge in [-0.25, -0.2) is 14.7 Å². The van der Waals surface area contributed by atoms with Crippen LogP contribution < -0.4 is 4.74 Å². The zero-order valence-corrected chi connectivity index (χ0v) is 20.2. The topological polar surface area (TPSA) is 72.0 Å². The third kappa shape index (κ3) is 5.15. The third-order valence-corrected chi connectivity index (χ3v) is 5.63. The highest BCUT2D eigenvalue weighted by atomic mass is 79.9. The maximum Gasteiger partial charge on any atom is 0.251 e. The van der Waals surface area contributed by atoms with Gasteiger partial charge in [-0.15, -0.1) is 0 Å². The standard InChI is InChI=1S/C24H18Br2N4O2/c1-32-20-9-7-16(8-10-20)13-28-30-15-22(17-5-3-2-4-6-17)29-24(30)27-14-18-11-19(25)12-21(26)23(18)31/h2-15,31H,1H3. The maximum atomic E-state index is 10.3. The lowest BCUT2D eigenvalue weighted by atomic mass is 10.2. The molecule has 6 nitrogen and oxygen atoms in total. The second-order valence-corrected chi connectivity index (χ2v) is 8.51. The zero-order valence-electron chi connectivity index (χ0n) is 17.0. The number of hydrogen-bond acceptors (Lipinski definition) is 5. The van der Waals surface area contributed by atoms with Gasteiger partial charge in [0, 0.05) is 21.8 Å². The molecule has 8 heteroatoms. The lowest BCUT2D eigenvalue weighted by molar-refractivity contribution is 0.415. The van der Waals surface area contributed by atoms with E-state index in [0.717, 1.165) is 27.0 Å². The van der Waals surface area contributed by atoms with Crippen LogP contribution in [0.4, 0.5) is 5.95 Å². The molecule has 4 rings (SSSR count). The normalized spacial score (nSPS) is 11.5. The van der Waals surface area contributed by atoms with E-state index in [4.69, 9.17) is 4.74 Å². The minimum Gasteiger partial charge on any atom is -0.506 e. The molecule has 3 aromatic carbocycles. The van der Waals surface area contributed by atoms with Crippen LogP contribution in [0.3, 0.4) is 0 Å². The van der Waals surface area contributed by atoms with Crippen molar-refractivity contribution in [2.45, 2.75) is 0 Å². The smallest absolute Gasteiger partial charge is 0.251 e. The fourth-order valence-electron chi connectivity index (χ4n) is 2.91. The monoisotopic (exact) mass is 552 g/mol. The summed E-state index contributed by atoms with van der Waals surface area (Å²) >= 11 is 6.77. The van der Waals surface area contributed by atoms with Crippen molar-refractivity contribution in [2.75, 3.05) is 7.11 Å². The number of ether oxygens (including phenoxy) is 1. The SMILES string of the molecule is COc1ccc(C=Nn2cc(-c3ccccc3)nc2N=Cc2cc(Br)cc(Br)c2O)cc1. The molecule has 1 aromatic heterocycles. The van der Waals surface area contributed by atoms with Crippen LogP contribution in [0.15, 0.2) is 92.0 Å². The summed E-state index contributed by atoms with van der Waals surface area (Å²) < 4.78 is 8.19. The molecular weight excluding hydrogens is 536 g/mol. The van der Waals surface area contributed by atoms with Crippen LogP contribution in [-0.4, -0.2) is 34.3 Å². The molecule has 0 fully saturated rings. The van der Waals surface area contributed by atoms with Gasteiger partial charge in [-0.2, -0.15) is 5.10 Å². The molecule has 160 valence electrons. The molecule has 32 heavy (non-hydrogen) atoms. The average molecular weight is 554 g/mol. The van der Waals surface area contributed by atoms with Crippen molar-refractivity contribution in [3.05, 3.63) is 93.0 Å². The summed E-state index contributed by atoms with van der Waals surface area (Å²) in [4.78, 5) is 9.13. The molecule has 1 heterocycles. The first kappa shape index (κ1) is 22.0. The van der Waals surface area contributed by atoms with Crippen molar-refractivity contribution < 1.29 is 9.84 Å². The molecular formula is C24H18Br2N4O2. The van der Waals surface area contributed by atoms with E-state index in [1.165, 1.54) is 0 Å². The molecule has 0 unspecified atom stereocenters. The Morgan fingerprint density at radius 2 is 1.75 bits per heavy atom. The largest absolute Gasteiger partial charge is 0.506 e. The van der Waals surface area contributed by atoms with Crippen molar-refractivity contribution >= 4 is 50.2 Å². The Morgan fingerprint density at radius 3 is 2.47 bits per heavy atom. The first-order valence-electron chi connectivity index (χ1n) is 9.59. The minimum atomic E-state index is 0.0973. The van der Waals surface area contributed by atoms with Gasteiger partial charge in [0.05, 0.1) is 29.7 Å². The van der Waals surface area contributed by atoms with Gasteiger partial charge in [0.15, 0.2) is 0 Å². The molecule has 0 spiro atoms. The van der Waals surface area contributed by atoms with Gasteiger partial charge in [-0.1, -0.05) is 46.3 Å². The van der Waals surface area contributed by atoms with E-state index < -0.39 is 0 Å². The molecule has 0 radical (unpaired) electrons. The average Bonchev–Trinajstić information content (AvgIpc) is 3.23. The number of phenols is 1. The number of aromatic nitrogens is 2. The van der Waals surface area contributed by atoms with Crippen LogP contribution in [0.1, 0.15) is 11.1 Å². The van der Waals surface area contributed by atoms with E-state index in [2.05, 4.69) is 46.9 Å². The van der Waals surface area contributed by atoms with Crippen molar-refractivity contribution in [2.24, 2.45) is 10.1 Å². The number of benzene rings is 3. The van der Waals surface area contributed by atoms with Crippen molar-refractivity contribution in [1.29, 1.82) is 0 Å². The lowest BCUT2D eigenvalue weighted by Crippen LogP contribution is -1.91. The van der Waals surface area contributed by atoms with Gasteiger partial charge in [0.25, 0.3) is 5.95 Å². The second-order valence-electron chi connectivity index (χ2n) is 6.74. The zero-order chi connectivity index (χ0) is 22.5. The number of hydrogen-bond donors (Lipinski definition) is 1. The summed E-state index contributed by atoms with van der Waals surface area (Å²) in [5.41, 5.74) is 3.14. The highest BCUT2D eigenvalue weighted by molar-refractivity contribution is 9.11. The van der Waals surface area contributed by atoms with Gasteiger partial charge in [0.2, 0.25) is 0 Å². The fourth-order valence-corrected chi connectivity index (χ4v) is 4.17. The summed E-state index contributed by atoms with van der Waals surface area (Å²) in [7, 11) is 1.63. The molecule has 0 aliphatic rings. The van der Waals surface area contributed by atoms with Gasteiger partial charge >= 0.3 is 0 Å². The molecule has 0 amide bonds. The fraction of sp³-hybridized carbons (Fsp3) is 0.0417. The number of methoxy groups -OCH3 is 1. The number of imidazole rings is 1. The van der Waals surface area contributed by atoms with Crippen molar-refractivity contribution in [3.8, 4) is 22.8 Å². The predicted octanol–water partition coefficient (Wildman–Crippen LogP) is 6.42. The molecule has 0 saturated carbocycles. The van der Waals surface area contributed by atoms with Gasteiger partial charge in [0.1, 0.15) is 11.5 Å². The summed E-state index contributed by atoms with van der Waals surface area (Å²) in [6, 6.07) is 20.9. The van der Waals surface area contributed by atoms with E-state index >= 15 is 0 Å². The number of rotatable bonds is 6. The summed E-state index contributed by atoms with van der Waals surface area (Å²) in [6.45, 7) is 0. The Hall–Kier alpha value is -3.23. The Morgan fingerprint density at radius 1 is 1.00 bits per heavy atom. The Bertz CT molecular complexity index is 1280. The van der Waals surface area contributed by atoms with E-state index in [9.17, 15) is 5.11 Å². The molecule has 0 atom stereocenters. The summed E-state index contributed by atoms with van der Waals surface area (Å²) in [6.07, 6.45) is 5.10. The van der Waals surface area contributed by atoms with Crippen molar-refractivity contribution in [3.63, 3.8) is 0 Å². The van der Waals surface area contributed by atoms with Crippen LogP contribution in [0.2, 0.25) is 0 Å². The molecule has 0 aliphatic heterocycles. The van der Waals surface area contributed by atoms with Crippen LogP contribution in [0, 0.1) is 0 Å². The van der Waals surface area contributed by atoms with Gasteiger partial charge in [-0.05, 0) is 57.9 Å². The van der Waals surface area contributed by atoms with Gasteiger partial charge in [-0.3, -0.25) is 0 Å². The number of halogens is 2. The third-order valence-electron chi connectivity index (χ3n) is 4.56. The van der Waals surface area contributed by atoms with Crippen LogP contribution in [-0.2, 0) is 0 Å². The van der Waals surface area contributed by atoms with E-state index in [1.54, 1.807) is 36.3 Å². The molecule has 0 saturated heterocycles. The number of aliphatic imine (C=N–C) groups is 1. The molecule has 0 aliphatic carbocycles. The number of aromatic hydroxyl groups is 1. The number of nitrogens with zero attached hydrogens (tertiary/aromatic N) is 4. The Labute approximate surface area is 202 Å². The minimum absolute atomic E-state index is 0.0973. The highest BCUT2D eigenvalue weighted by Crippen LogP contribution is 2.31. The van der Waals surface area contributed by atoms with E-state index in [0.29, 0.717) is 16.0 Å². The molecule has 0 bridgehead atoms. The summed E-state index contributed by atoms with van der Waals surface area (Å²) in [5.74, 6) is 1.26. The van der Waals surface area contributed by atoms with E-state index in [1.807, 2.05) is 60.8 Å². The summed E-state index contributed by atoms with van der Waals surface area (Å²) in [5, 5.41) is 14.9. The first-order chi connectivity index (χ1) is 15.5. The quantitative estimate of drug-likeness (QED) is 0.280. The molecule has 1 N–H and O–H groups in total. The predicted molar refractivity (Wildman–Crippen MR) is 134 cm³/mol. The van der Waals surface area contributed by atoms with Gasteiger partial charge < -0.3 is 9.84 Å². The highest BCUT2D eigenvalue weighted by Gasteiger charge is 2.10. The molecule has 4 aromatic rings. The maximum absolute atomic E-state index is 10.3. The Balaban J connectivity index is 1.71. The van der Waals surface area contributed by atoms with E-state index in [-0.39, 0.29) is 5.75 Å². The van der Waals surface area contributed by atoms with Crippen LogP contribution in [0.5, 0.6) is 11.5 Å². The Kier molecular flexibility index (Phi) is 6.82. The lowest BCUT2D eigenvalue weighted by Gasteiger charge is -2.03. The number of phenolic OH excluding ortho intramolecular Hbond substituents is 1. The van der Waals surface area contributed by atoms with Crippen LogP contribution >= 0.6 is 31.9 Å². The van der Waals surface area contributed by atoms with Crippen molar-refractivity contribution in [1.82, 2.24) is 9.66 Å². The first-order valence-corrected chi connectivity index (χ1v) is 11.2. The second kappa shape index (κ2) is 9.93.